The summed E-state index contributed by atoms with van der Waals surface area (Å²) in [7, 11) is 0. The molecule has 3 rings (SSSR count). The van der Waals surface area contributed by atoms with Gasteiger partial charge in [-0.3, -0.25) is 9.59 Å². The van der Waals surface area contributed by atoms with Gasteiger partial charge in [-0.05, 0) is 25.3 Å². The number of benzene rings is 1. The highest BCUT2D eigenvalue weighted by Gasteiger charge is 2.18. The molecule has 11 heteroatoms. The van der Waals surface area contributed by atoms with E-state index in [9.17, 15) is 9.59 Å². The first-order valence-electron chi connectivity index (χ1n) is 9.19. The number of hydrogen-bond acceptors (Lipinski definition) is 10. The minimum absolute atomic E-state index is 0.208. The lowest BCUT2D eigenvalue weighted by Gasteiger charge is -2.12. The van der Waals surface area contributed by atoms with E-state index in [0.717, 1.165) is 0 Å². The molecule has 11 nitrogen and oxygen atoms in total. The summed E-state index contributed by atoms with van der Waals surface area (Å²) in [6, 6.07) is 6.60. The van der Waals surface area contributed by atoms with Crippen LogP contribution in [-0.4, -0.2) is 59.3 Å². The normalized spacial score (nSPS) is 12.9. The van der Waals surface area contributed by atoms with Gasteiger partial charge < -0.3 is 16.6 Å². The van der Waals surface area contributed by atoms with E-state index in [1.165, 1.54) is 0 Å². The third kappa shape index (κ3) is 5.21. The van der Waals surface area contributed by atoms with Gasteiger partial charge in [-0.25, -0.2) is 9.97 Å². The van der Waals surface area contributed by atoms with Crippen LogP contribution in [0.3, 0.4) is 0 Å². The number of carboxylic acids is 1. The molecule has 154 valence electrons. The quantitative estimate of drug-likeness (QED) is 0.418. The molecule has 0 aliphatic carbocycles. The number of carbonyl (C=O) groups is 2. The van der Waals surface area contributed by atoms with Crippen molar-refractivity contribution in [2.45, 2.75) is 31.3 Å². The van der Waals surface area contributed by atoms with Crippen LogP contribution < -0.4 is 11.5 Å². The zero-order valence-corrected chi connectivity index (χ0v) is 15.9. The Morgan fingerprint density at radius 1 is 0.833 bits per heavy atom. The molecule has 5 N–H and O–H groups in total. The molecule has 3 aromatic rings. The van der Waals surface area contributed by atoms with Gasteiger partial charge in [0.25, 0.3) is 0 Å². The second-order valence-corrected chi connectivity index (χ2v) is 6.54. The Balaban J connectivity index is 1.61. The van der Waals surface area contributed by atoms with Gasteiger partial charge in [0.2, 0.25) is 17.5 Å². The van der Waals surface area contributed by atoms with Crippen LogP contribution in [0.5, 0.6) is 0 Å². The summed E-state index contributed by atoms with van der Waals surface area (Å²) in [5.74, 6) is -0.483. The maximum atomic E-state index is 12.5. The Bertz CT molecular complexity index is 997. The van der Waals surface area contributed by atoms with Gasteiger partial charge in [-0.15, -0.1) is 20.4 Å². The van der Waals surface area contributed by atoms with Crippen molar-refractivity contribution < 1.29 is 14.7 Å². The summed E-state index contributed by atoms with van der Waals surface area (Å²) in [6.45, 7) is 0. The Morgan fingerprint density at radius 3 is 2.00 bits per heavy atom. The van der Waals surface area contributed by atoms with E-state index < -0.39 is 18.1 Å². The topological polar surface area (TPSA) is 184 Å². The second-order valence-electron chi connectivity index (χ2n) is 6.54. The number of rotatable bonds is 9. The van der Waals surface area contributed by atoms with Crippen molar-refractivity contribution in [3.63, 3.8) is 0 Å². The highest BCUT2D eigenvalue weighted by Crippen LogP contribution is 2.17. The molecular weight excluding hydrogens is 388 g/mol. The van der Waals surface area contributed by atoms with Crippen LogP contribution in [0.1, 0.15) is 29.6 Å². The van der Waals surface area contributed by atoms with E-state index in [4.69, 9.17) is 16.6 Å². The standard InChI is InChI=1S/C19H20N8O3/c20-13(3-1-4-14(21)19(29)30)15(28)11-5-7-12(8-6-11)16-24-26-18(27-25-16)17-22-9-2-10-23-17/h2,5-10,13-14H,1,3-4,20-21H2,(H,29,30)/t13?,14-/m0/s1. The van der Waals surface area contributed by atoms with E-state index in [-0.39, 0.29) is 18.0 Å². The fourth-order valence-corrected chi connectivity index (χ4v) is 2.66. The van der Waals surface area contributed by atoms with Crippen LogP contribution in [0.4, 0.5) is 0 Å². The molecule has 0 saturated heterocycles. The van der Waals surface area contributed by atoms with Gasteiger partial charge in [0.05, 0.1) is 6.04 Å². The predicted octanol–water partition coefficient (Wildman–Crippen LogP) is 0.483. The third-order valence-corrected chi connectivity index (χ3v) is 4.36. The number of hydrogen-bond donors (Lipinski definition) is 3. The number of nitrogens with two attached hydrogens (primary N) is 2. The van der Waals surface area contributed by atoms with Gasteiger partial charge >= 0.3 is 5.97 Å². The molecule has 2 aromatic heterocycles. The lowest BCUT2D eigenvalue weighted by Crippen LogP contribution is -2.33. The Morgan fingerprint density at radius 2 is 1.40 bits per heavy atom. The molecule has 0 saturated carbocycles. The molecule has 0 radical (unpaired) electrons. The monoisotopic (exact) mass is 408 g/mol. The molecule has 0 fully saturated rings. The average Bonchev–Trinajstić information content (AvgIpc) is 2.79. The zero-order chi connectivity index (χ0) is 21.5. The Labute approximate surface area is 171 Å². The van der Waals surface area contributed by atoms with E-state index in [0.29, 0.717) is 35.6 Å². The first-order chi connectivity index (χ1) is 14.5. The minimum atomic E-state index is -1.07. The first kappa shape index (κ1) is 21.0. The molecule has 0 aliphatic heterocycles. The van der Waals surface area contributed by atoms with Crippen LogP contribution in [0, 0.1) is 0 Å². The lowest BCUT2D eigenvalue weighted by atomic mass is 9.98. The zero-order valence-electron chi connectivity index (χ0n) is 15.9. The molecule has 0 amide bonds. The minimum Gasteiger partial charge on any atom is -0.480 e. The number of aliphatic carboxylic acids is 1. The third-order valence-electron chi connectivity index (χ3n) is 4.36. The van der Waals surface area contributed by atoms with Crippen LogP contribution in [0.2, 0.25) is 0 Å². The summed E-state index contributed by atoms with van der Waals surface area (Å²) in [6.07, 6.45) is 4.19. The van der Waals surface area contributed by atoms with Crippen LogP contribution in [0.25, 0.3) is 23.0 Å². The highest BCUT2D eigenvalue weighted by atomic mass is 16.4. The number of nitrogens with zero attached hydrogens (tertiary/aromatic N) is 6. The fraction of sp³-hybridized carbons (Fsp3) is 0.263. The van der Waals surface area contributed by atoms with Crippen LogP contribution in [0.15, 0.2) is 42.7 Å². The van der Waals surface area contributed by atoms with Crippen molar-refractivity contribution in [3.8, 4) is 23.0 Å². The maximum Gasteiger partial charge on any atom is 0.320 e. The summed E-state index contributed by atoms with van der Waals surface area (Å²) < 4.78 is 0. The SMILES string of the molecule is NC(CCC[C@H](N)C(=O)O)C(=O)c1ccc(-c2nnc(-c3ncccn3)nn2)cc1. The molecule has 1 aromatic carbocycles. The van der Waals surface area contributed by atoms with Crippen molar-refractivity contribution in [3.05, 3.63) is 48.3 Å². The van der Waals surface area contributed by atoms with E-state index in [2.05, 4.69) is 30.4 Å². The number of aromatic nitrogens is 6. The molecule has 0 aliphatic rings. The molecule has 2 atom stereocenters. The lowest BCUT2D eigenvalue weighted by molar-refractivity contribution is -0.138. The van der Waals surface area contributed by atoms with Gasteiger partial charge in [0, 0.05) is 23.5 Å². The average molecular weight is 408 g/mol. The molecule has 2 heterocycles. The fourth-order valence-electron chi connectivity index (χ4n) is 2.66. The summed E-state index contributed by atoms with van der Waals surface area (Å²) in [4.78, 5) is 31.3. The van der Waals surface area contributed by atoms with Crippen molar-refractivity contribution in [2.75, 3.05) is 0 Å². The van der Waals surface area contributed by atoms with Gasteiger partial charge in [0.1, 0.15) is 6.04 Å². The van der Waals surface area contributed by atoms with E-state index >= 15 is 0 Å². The van der Waals surface area contributed by atoms with Crippen molar-refractivity contribution >= 4 is 11.8 Å². The Hall–Kier alpha value is -3.70. The number of ketones is 1. The van der Waals surface area contributed by atoms with E-state index in [1.807, 2.05) is 0 Å². The van der Waals surface area contributed by atoms with Crippen molar-refractivity contribution in [1.82, 2.24) is 30.4 Å². The second kappa shape index (κ2) is 9.67. The highest BCUT2D eigenvalue weighted by molar-refractivity contribution is 6.00. The number of Topliss-reactive ketones (excluding diaryl/α,β-unsaturated/α-hetero) is 1. The molecular formula is C19H20N8O3. The summed E-state index contributed by atoms with van der Waals surface area (Å²) in [5.41, 5.74) is 12.5. The largest absolute Gasteiger partial charge is 0.480 e. The summed E-state index contributed by atoms with van der Waals surface area (Å²) >= 11 is 0. The molecule has 30 heavy (non-hydrogen) atoms. The van der Waals surface area contributed by atoms with E-state index in [1.54, 1.807) is 42.7 Å². The number of carboxylic acid groups (broad SMARTS) is 1. The van der Waals surface area contributed by atoms with Gasteiger partial charge in [-0.1, -0.05) is 24.3 Å². The van der Waals surface area contributed by atoms with Gasteiger partial charge in [0.15, 0.2) is 5.78 Å². The van der Waals surface area contributed by atoms with Gasteiger partial charge in [-0.2, -0.15) is 0 Å². The summed E-state index contributed by atoms with van der Waals surface area (Å²) in [5, 5.41) is 24.8. The predicted molar refractivity (Wildman–Crippen MR) is 106 cm³/mol. The first-order valence-corrected chi connectivity index (χ1v) is 9.19. The van der Waals surface area contributed by atoms with Crippen LogP contribution >= 0.6 is 0 Å². The molecule has 1 unspecified atom stereocenters. The van der Waals surface area contributed by atoms with Crippen molar-refractivity contribution in [2.24, 2.45) is 11.5 Å². The Kier molecular flexibility index (Phi) is 6.78. The smallest absolute Gasteiger partial charge is 0.320 e. The molecule has 0 bridgehead atoms. The number of carbonyl (C=O) groups excluding carboxylic acids is 1. The maximum absolute atomic E-state index is 12.5. The van der Waals surface area contributed by atoms with Crippen LogP contribution in [-0.2, 0) is 4.79 Å². The molecule has 0 spiro atoms. The van der Waals surface area contributed by atoms with Crippen molar-refractivity contribution in [1.29, 1.82) is 0 Å².